The Bertz CT molecular complexity index is 851. The van der Waals surface area contributed by atoms with Gasteiger partial charge in [0.05, 0.1) is 0 Å². The monoisotopic (exact) mass is 334 g/mol. The molecule has 7 heteroatoms. The second-order valence-electron chi connectivity index (χ2n) is 5.28. The lowest BCUT2D eigenvalue weighted by atomic mass is 10.2. The van der Waals surface area contributed by atoms with Gasteiger partial charge in [-0.1, -0.05) is 30.3 Å². The number of urea groups is 1. The van der Waals surface area contributed by atoms with Gasteiger partial charge in [0.25, 0.3) is 0 Å². The van der Waals surface area contributed by atoms with E-state index >= 15 is 0 Å². The highest BCUT2D eigenvalue weighted by Crippen LogP contribution is 2.20. The van der Waals surface area contributed by atoms with Crippen LogP contribution in [0.5, 0.6) is 0 Å². The van der Waals surface area contributed by atoms with Gasteiger partial charge in [-0.15, -0.1) is 0 Å². The van der Waals surface area contributed by atoms with Crippen molar-refractivity contribution < 1.29 is 4.79 Å². The van der Waals surface area contributed by atoms with Gasteiger partial charge in [0.2, 0.25) is 5.95 Å². The largest absolute Gasteiger partial charge is 0.341 e. The summed E-state index contributed by atoms with van der Waals surface area (Å²) in [5.74, 6) is 1.07. The van der Waals surface area contributed by atoms with E-state index in [4.69, 9.17) is 0 Å². The molecule has 0 radical (unpaired) electrons. The molecule has 0 aliphatic rings. The van der Waals surface area contributed by atoms with Crippen molar-refractivity contribution in [2.75, 3.05) is 24.3 Å². The third-order valence-corrected chi connectivity index (χ3v) is 3.63. The highest BCUT2D eigenvalue weighted by atomic mass is 16.2. The van der Waals surface area contributed by atoms with Gasteiger partial charge in [-0.2, -0.15) is 4.98 Å². The molecule has 0 aliphatic heterocycles. The number of carbonyl (C=O) groups is 1. The lowest BCUT2D eigenvalue weighted by Crippen LogP contribution is -2.34. The van der Waals surface area contributed by atoms with Gasteiger partial charge >= 0.3 is 6.03 Å². The maximum atomic E-state index is 11.6. The van der Waals surface area contributed by atoms with Crippen LogP contribution in [0.25, 0.3) is 11.4 Å². The Morgan fingerprint density at radius 1 is 1.00 bits per heavy atom. The third kappa shape index (κ3) is 3.89. The summed E-state index contributed by atoms with van der Waals surface area (Å²) < 4.78 is 0. The van der Waals surface area contributed by atoms with Crippen LogP contribution in [-0.4, -0.2) is 35.1 Å². The minimum absolute atomic E-state index is 0.175. The number of aromatic nitrogens is 3. The third-order valence-electron chi connectivity index (χ3n) is 3.63. The van der Waals surface area contributed by atoms with Gasteiger partial charge in [0, 0.05) is 31.0 Å². The van der Waals surface area contributed by atoms with Crippen molar-refractivity contribution in [2.24, 2.45) is 0 Å². The van der Waals surface area contributed by atoms with Gasteiger partial charge in [0.1, 0.15) is 6.33 Å². The smallest absolute Gasteiger partial charge is 0.321 e. The van der Waals surface area contributed by atoms with E-state index in [9.17, 15) is 4.79 Å². The van der Waals surface area contributed by atoms with Gasteiger partial charge in [-0.25, -0.2) is 14.8 Å². The average molecular weight is 334 g/mol. The zero-order valence-electron chi connectivity index (χ0n) is 14.0. The molecule has 0 unspecified atom stereocenters. The molecule has 25 heavy (non-hydrogen) atoms. The van der Waals surface area contributed by atoms with Crippen LogP contribution in [0.2, 0.25) is 0 Å². The first-order chi connectivity index (χ1) is 12.2. The first-order valence-electron chi connectivity index (χ1n) is 7.74. The predicted molar refractivity (Wildman–Crippen MR) is 97.8 cm³/mol. The van der Waals surface area contributed by atoms with Crippen LogP contribution < -0.4 is 15.5 Å². The van der Waals surface area contributed by atoms with Crippen molar-refractivity contribution in [3.05, 3.63) is 60.9 Å². The molecule has 7 nitrogen and oxygen atoms in total. The van der Waals surface area contributed by atoms with Crippen molar-refractivity contribution in [3.8, 4) is 11.4 Å². The van der Waals surface area contributed by atoms with Crippen LogP contribution in [0.15, 0.2) is 60.9 Å². The Labute approximate surface area is 145 Å². The number of nitrogens with one attached hydrogen (secondary N) is 2. The molecule has 1 aromatic heterocycles. The number of hydrogen-bond donors (Lipinski definition) is 2. The number of carbonyl (C=O) groups excluding carboxylic acids is 1. The zero-order valence-corrected chi connectivity index (χ0v) is 14.0. The summed E-state index contributed by atoms with van der Waals surface area (Å²) in [6, 6.07) is 17.0. The van der Waals surface area contributed by atoms with Gasteiger partial charge in [0.15, 0.2) is 5.82 Å². The summed E-state index contributed by atoms with van der Waals surface area (Å²) >= 11 is 0. The van der Waals surface area contributed by atoms with Crippen LogP contribution in [-0.2, 0) is 0 Å². The molecule has 3 aromatic rings. The second-order valence-corrected chi connectivity index (χ2v) is 5.28. The van der Waals surface area contributed by atoms with Crippen LogP contribution in [0, 0.1) is 0 Å². The maximum Gasteiger partial charge on any atom is 0.321 e. The quantitative estimate of drug-likeness (QED) is 0.766. The summed E-state index contributed by atoms with van der Waals surface area (Å²) in [6.07, 6.45) is 1.48. The van der Waals surface area contributed by atoms with Crippen molar-refractivity contribution in [2.45, 2.75) is 0 Å². The van der Waals surface area contributed by atoms with E-state index in [1.54, 1.807) is 14.1 Å². The van der Waals surface area contributed by atoms with E-state index in [0.717, 1.165) is 16.9 Å². The molecule has 1 heterocycles. The molecule has 0 aliphatic carbocycles. The van der Waals surface area contributed by atoms with E-state index in [1.165, 1.54) is 11.2 Å². The summed E-state index contributed by atoms with van der Waals surface area (Å²) in [7, 11) is 3.30. The number of benzene rings is 2. The van der Waals surface area contributed by atoms with Crippen molar-refractivity contribution in [3.63, 3.8) is 0 Å². The molecule has 3 rings (SSSR count). The molecular formula is C18H18N6O. The molecule has 0 bridgehead atoms. The first kappa shape index (κ1) is 16.4. The Hall–Kier alpha value is -3.48. The fourth-order valence-electron chi connectivity index (χ4n) is 2.27. The van der Waals surface area contributed by atoms with Crippen LogP contribution in [0.4, 0.5) is 22.1 Å². The van der Waals surface area contributed by atoms with E-state index in [2.05, 4.69) is 25.6 Å². The Balaban J connectivity index is 1.76. The number of amides is 2. The molecule has 126 valence electrons. The average Bonchev–Trinajstić information content (AvgIpc) is 2.68. The fourth-order valence-corrected chi connectivity index (χ4v) is 2.27. The molecule has 0 fully saturated rings. The topological polar surface area (TPSA) is 83.0 Å². The highest BCUT2D eigenvalue weighted by Gasteiger charge is 2.08. The second kappa shape index (κ2) is 7.39. The molecule has 2 N–H and O–H groups in total. The lowest BCUT2D eigenvalue weighted by molar-refractivity contribution is 0.249. The van der Waals surface area contributed by atoms with Gasteiger partial charge in [-0.3, -0.25) is 4.90 Å². The van der Waals surface area contributed by atoms with Crippen molar-refractivity contribution >= 4 is 23.4 Å². The van der Waals surface area contributed by atoms with Crippen molar-refractivity contribution in [1.82, 2.24) is 20.3 Å². The lowest BCUT2D eigenvalue weighted by Gasteiger charge is -2.17. The minimum Gasteiger partial charge on any atom is -0.341 e. The number of rotatable bonds is 4. The summed E-state index contributed by atoms with van der Waals surface area (Å²) in [4.78, 5) is 25.9. The highest BCUT2D eigenvalue weighted by molar-refractivity contribution is 5.91. The molecule has 2 amide bonds. The Morgan fingerprint density at radius 2 is 1.72 bits per heavy atom. The van der Waals surface area contributed by atoms with Crippen LogP contribution >= 0.6 is 0 Å². The fraction of sp³-hybridized carbons (Fsp3) is 0.111. The summed E-state index contributed by atoms with van der Waals surface area (Å²) in [6.45, 7) is 0. The summed E-state index contributed by atoms with van der Waals surface area (Å²) in [5, 5.41) is 5.73. The zero-order chi connectivity index (χ0) is 17.6. The molecule has 0 atom stereocenters. The molecular weight excluding hydrogens is 316 g/mol. The van der Waals surface area contributed by atoms with E-state index in [-0.39, 0.29) is 6.03 Å². The minimum atomic E-state index is -0.175. The van der Waals surface area contributed by atoms with Gasteiger partial charge in [-0.05, 0) is 24.3 Å². The maximum absolute atomic E-state index is 11.6. The van der Waals surface area contributed by atoms with E-state index in [1.807, 2.05) is 54.6 Å². The van der Waals surface area contributed by atoms with E-state index < -0.39 is 0 Å². The van der Waals surface area contributed by atoms with Crippen LogP contribution in [0.1, 0.15) is 0 Å². The number of anilines is 3. The Kier molecular flexibility index (Phi) is 4.84. The normalized spacial score (nSPS) is 10.2. The predicted octanol–water partition coefficient (Wildman–Crippen LogP) is 3.06. The molecule has 0 spiro atoms. The molecule has 0 saturated heterocycles. The number of nitrogens with zero attached hydrogens (tertiary/aromatic N) is 4. The van der Waals surface area contributed by atoms with Gasteiger partial charge < -0.3 is 10.6 Å². The number of hydrogen-bond acceptors (Lipinski definition) is 5. The van der Waals surface area contributed by atoms with E-state index in [0.29, 0.717) is 11.8 Å². The SMILES string of the molecule is CNC(=O)N(C)c1ccc(Nc2ncnc(-c3ccccc3)n2)cc1. The summed E-state index contributed by atoms with van der Waals surface area (Å²) in [5.41, 5.74) is 2.53. The standard InChI is InChI=1S/C18H18N6O/c1-19-18(25)24(2)15-10-8-14(9-11-15)22-17-21-12-20-16(23-17)13-6-4-3-5-7-13/h3-12H,1-2H3,(H,19,25)(H,20,21,22,23). The molecule has 2 aromatic carbocycles. The van der Waals surface area contributed by atoms with Crippen LogP contribution in [0.3, 0.4) is 0 Å². The first-order valence-corrected chi connectivity index (χ1v) is 7.74. The van der Waals surface area contributed by atoms with Crippen molar-refractivity contribution in [1.29, 1.82) is 0 Å². The molecule has 0 saturated carbocycles. The Morgan fingerprint density at radius 3 is 2.40 bits per heavy atom.